The monoisotopic (exact) mass is 276 g/mol. The zero-order chi connectivity index (χ0) is 13.1. The first kappa shape index (κ1) is 12.6. The van der Waals surface area contributed by atoms with Crippen LogP contribution in [0.3, 0.4) is 0 Å². The molecule has 4 nitrogen and oxygen atoms in total. The Morgan fingerprint density at radius 3 is 3.16 bits per heavy atom. The lowest BCUT2D eigenvalue weighted by Crippen LogP contribution is -2.34. The summed E-state index contributed by atoms with van der Waals surface area (Å²) < 4.78 is 0. The number of nitrogens with one attached hydrogen (secondary N) is 1. The summed E-state index contributed by atoms with van der Waals surface area (Å²) in [5, 5.41) is 0.801. The molecule has 1 saturated heterocycles. The van der Waals surface area contributed by atoms with Crippen molar-refractivity contribution in [2.24, 2.45) is 0 Å². The normalized spacial score (nSPS) is 20.6. The topological polar surface area (TPSA) is 44.8 Å². The Morgan fingerprint density at radius 1 is 1.42 bits per heavy atom. The van der Waals surface area contributed by atoms with Crippen LogP contribution >= 0.6 is 11.6 Å². The minimum atomic E-state index is 0.499. The van der Waals surface area contributed by atoms with Crippen LogP contribution in [0.5, 0.6) is 0 Å². The van der Waals surface area contributed by atoms with Gasteiger partial charge in [-0.15, -0.1) is 0 Å². The summed E-state index contributed by atoms with van der Waals surface area (Å²) in [5.74, 6) is 1.60. The molecule has 19 heavy (non-hydrogen) atoms. The molecular formula is C14H17ClN4. The van der Waals surface area contributed by atoms with Gasteiger partial charge in [0.15, 0.2) is 0 Å². The molecule has 0 amide bonds. The second kappa shape index (κ2) is 5.72. The molecule has 3 heterocycles. The summed E-state index contributed by atoms with van der Waals surface area (Å²) in [4.78, 5) is 14.2. The summed E-state index contributed by atoms with van der Waals surface area (Å²) in [7, 11) is 0. The van der Waals surface area contributed by atoms with E-state index in [1.165, 1.54) is 12.8 Å². The Labute approximate surface area is 117 Å². The van der Waals surface area contributed by atoms with Crippen molar-refractivity contribution in [3.8, 4) is 0 Å². The molecule has 0 aliphatic carbocycles. The lowest BCUT2D eigenvalue weighted by atomic mass is 9.97. The fourth-order valence-electron chi connectivity index (χ4n) is 2.69. The number of imidazole rings is 1. The number of rotatable bonds is 3. The molecule has 1 aliphatic rings. The predicted molar refractivity (Wildman–Crippen MR) is 75.1 cm³/mol. The van der Waals surface area contributed by atoms with Crippen molar-refractivity contribution in [3.05, 3.63) is 47.3 Å². The number of H-pyrrole nitrogens is 1. The Bertz CT molecular complexity index is 526. The van der Waals surface area contributed by atoms with E-state index in [1.54, 1.807) is 6.20 Å². The average Bonchev–Trinajstić information content (AvgIpc) is 2.96. The van der Waals surface area contributed by atoms with E-state index in [1.807, 2.05) is 24.7 Å². The van der Waals surface area contributed by atoms with E-state index in [4.69, 9.17) is 11.6 Å². The molecule has 1 atom stereocenters. The SMILES string of the molecule is Clc1ccncc1CN1CCCC(c2ncc[nH]2)C1. The van der Waals surface area contributed by atoms with Gasteiger partial charge in [-0.2, -0.15) is 0 Å². The Kier molecular flexibility index (Phi) is 3.80. The minimum absolute atomic E-state index is 0.499. The van der Waals surface area contributed by atoms with Gasteiger partial charge in [-0.25, -0.2) is 4.98 Å². The van der Waals surface area contributed by atoms with Crippen LogP contribution in [0.25, 0.3) is 0 Å². The number of halogens is 1. The molecule has 1 fully saturated rings. The number of aromatic amines is 1. The molecule has 5 heteroatoms. The van der Waals surface area contributed by atoms with Gasteiger partial charge >= 0.3 is 0 Å². The van der Waals surface area contributed by atoms with Crippen molar-refractivity contribution in [1.82, 2.24) is 19.9 Å². The molecule has 0 aromatic carbocycles. The fourth-order valence-corrected chi connectivity index (χ4v) is 2.86. The van der Waals surface area contributed by atoms with Crippen LogP contribution in [-0.4, -0.2) is 32.9 Å². The molecule has 1 unspecified atom stereocenters. The highest BCUT2D eigenvalue weighted by Gasteiger charge is 2.23. The molecule has 1 aliphatic heterocycles. The molecule has 0 radical (unpaired) electrons. The van der Waals surface area contributed by atoms with E-state index in [2.05, 4.69) is 19.9 Å². The van der Waals surface area contributed by atoms with E-state index in [0.29, 0.717) is 5.92 Å². The Hall–Kier alpha value is -1.39. The predicted octanol–water partition coefficient (Wildman–Crippen LogP) is 2.84. The first-order valence-electron chi connectivity index (χ1n) is 6.63. The number of hydrogen-bond donors (Lipinski definition) is 1. The molecule has 0 spiro atoms. The number of pyridine rings is 1. The van der Waals surface area contributed by atoms with E-state index in [9.17, 15) is 0 Å². The van der Waals surface area contributed by atoms with Crippen molar-refractivity contribution in [1.29, 1.82) is 0 Å². The molecule has 2 aromatic heterocycles. The summed E-state index contributed by atoms with van der Waals surface area (Å²) in [6.45, 7) is 3.01. The highest BCUT2D eigenvalue weighted by molar-refractivity contribution is 6.31. The Balaban J connectivity index is 1.67. The first-order valence-corrected chi connectivity index (χ1v) is 7.01. The molecule has 100 valence electrons. The zero-order valence-corrected chi connectivity index (χ0v) is 11.5. The first-order chi connectivity index (χ1) is 9.33. The largest absolute Gasteiger partial charge is 0.348 e. The van der Waals surface area contributed by atoms with Gasteiger partial charge in [-0.1, -0.05) is 11.6 Å². The van der Waals surface area contributed by atoms with Gasteiger partial charge < -0.3 is 4.98 Å². The smallest absolute Gasteiger partial charge is 0.110 e. The van der Waals surface area contributed by atoms with E-state index < -0.39 is 0 Å². The summed E-state index contributed by atoms with van der Waals surface area (Å²) in [6, 6.07) is 1.85. The number of nitrogens with zero attached hydrogens (tertiary/aromatic N) is 3. The van der Waals surface area contributed by atoms with Gasteiger partial charge in [0, 0.05) is 54.4 Å². The molecule has 2 aromatic rings. The minimum Gasteiger partial charge on any atom is -0.348 e. The van der Waals surface area contributed by atoms with Crippen LogP contribution < -0.4 is 0 Å². The second-order valence-electron chi connectivity index (χ2n) is 5.02. The summed E-state index contributed by atoms with van der Waals surface area (Å²) >= 11 is 6.19. The van der Waals surface area contributed by atoms with Crippen LogP contribution in [0.4, 0.5) is 0 Å². The van der Waals surface area contributed by atoms with Crippen molar-refractivity contribution in [2.45, 2.75) is 25.3 Å². The van der Waals surface area contributed by atoms with Crippen molar-refractivity contribution in [2.75, 3.05) is 13.1 Å². The van der Waals surface area contributed by atoms with Crippen LogP contribution in [0.1, 0.15) is 30.1 Å². The molecule has 3 rings (SSSR count). The average molecular weight is 277 g/mol. The number of hydrogen-bond acceptors (Lipinski definition) is 3. The van der Waals surface area contributed by atoms with Crippen molar-refractivity contribution >= 4 is 11.6 Å². The van der Waals surface area contributed by atoms with Crippen LogP contribution in [-0.2, 0) is 6.54 Å². The molecule has 1 N–H and O–H groups in total. The lowest BCUT2D eigenvalue weighted by molar-refractivity contribution is 0.197. The van der Waals surface area contributed by atoms with Gasteiger partial charge in [-0.3, -0.25) is 9.88 Å². The highest BCUT2D eigenvalue weighted by Crippen LogP contribution is 2.26. The highest BCUT2D eigenvalue weighted by atomic mass is 35.5. The van der Waals surface area contributed by atoms with E-state index >= 15 is 0 Å². The van der Waals surface area contributed by atoms with E-state index in [0.717, 1.165) is 36.0 Å². The van der Waals surface area contributed by atoms with Gasteiger partial charge in [0.25, 0.3) is 0 Å². The third-order valence-electron chi connectivity index (χ3n) is 3.65. The standard InChI is InChI=1S/C14H17ClN4/c15-13-3-4-16-8-12(13)10-19-7-1-2-11(9-19)14-17-5-6-18-14/h3-6,8,11H,1-2,7,9-10H2,(H,17,18). The zero-order valence-electron chi connectivity index (χ0n) is 10.7. The van der Waals surface area contributed by atoms with Crippen molar-refractivity contribution < 1.29 is 0 Å². The number of aromatic nitrogens is 3. The number of piperidine rings is 1. The molecule has 0 bridgehead atoms. The molecular weight excluding hydrogens is 260 g/mol. The summed E-state index contributed by atoms with van der Waals surface area (Å²) in [5.41, 5.74) is 1.10. The van der Waals surface area contributed by atoms with Gasteiger partial charge in [0.1, 0.15) is 5.82 Å². The van der Waals surface area contributed by atoms with Crippen LogP contribution in [0.2, 0.25) is 5.02 Å². The third-order valence-corrected chi connectivity index (χ3v) is 4.02. The second-order valence-corrected chi connectivity index (χ2v) is 5.42. The maximum atomic E-state index is 6.19. The molecule has 0 saturated carbocycles. The van der Waals surface area contributed by atoms with Crippen molar-refractivity contribution in [3.63, 3.8) is 0 Å². The van der Waals surface area contributed by atoms with Gasteiger partial charge in [0.2, 0.25) is 0 Å². The Morgan fingerprint density at radius 2 is 2.37 bits per heavy atom. The quantitative estimate of drug-likeness (QED) is 0.938. The van der Waals surface area contributed by atoms with Crippen LogP contribution in [0, 0.1) is 0 Å². The number of likely N-dealkylation sites (tertiary alicyclic amines) is 1. The third kappa shape index (κ3) is 2.96. The maximum absolute atomic E-state index is 6.19. The van der Waals surface area contributed by atoms with E-state index in [-0.39, 0.29) is 0 Å². The lowest BCUT2D eigenvalue weighted by Gasteiger charge is -2.31. The summed E-state index contributed by atoms with van der Waals surface area (Å²) in [6.07, 6.45) is 9.71. The van der Waals surface area contributed by atoms with Gasteiger partial charge in [-0.05, 0) is 25.5 Å². The van der Waals surface area contributed by atoms with Gasteiger partial charge in [0.05, 0.1) is 0 Å². The van der Waals surface area contributed by atoms with Crippen LogP contribution in [0.15, 0.2) is 30.9 Å². The maximum Gasteiger partial charge on any atom is 0.110 e. The fraction of sp³-hybridized carbons (Fsp3) is 0.429.